The van der Waals surface area contributed by atoms with Crippen LogP contribution in [-0.2, 0) is 0 Å². The Hall–Kier alpha value is -1.95. The number of hydrogen-bond donors (Lipinski definition) is 1. The van der Waals surface area contributed by atoms with Gasteiger partial charge in [0, 0.05) is 24.8 Å². The van der Waals surface area contributed by atoms with Crippen molar-refractivity contribution < 1.29 is 14.8 Å². The quantitative estimate of drug-likeness (QED) is 0.463. The fraction of sp³-hybridized carbons (Fsp3) is 0.462. The van der Waals surface area contributed by atoms with E-state index in [1.54, 1.807) is 6.07 Å². The van der Waals surface area contributed by atoms with Crippen LogP contribution in [0.5, 0.6) is 0 Å². The van der Waals surface area contributed by atoms with Gasteiger partial charge < -0.3 is 10.0 Å². The van der Waals surface area contributed by atoms with Crippen LogP contribution in [-0.4, -0.2) is 35.5 Å². The lowest BCUT2D eigenvalue weighted by molar-refractivity contribution is -0.385. The normalized spacial score (nSPS) is 10.3. The topological polar surface area (TPSA) is 83.7 Å². The first-order valence-electron chi connectivity index (χ1n) is 6.16. The minimum atomic E-state index is -0.559. The van der Waals surface area contributed by atoms with Crippen molar-refractivity contribution in [2.24, 2.45) is 0 Å². The SMILES string of the molecule is CCCN(CCO)c1ccc([N+](=O)[O-])c(C(C)=O)c1. The number of anilines is 1. The van der Waals surface area contributed by atoms with E-state index in [-0.39, 0.29) is 23.6 Å². The van der Waals surface area contributed by atoms with Crippen LogP contribution in [0.25, 0.3) is 0 Å². The largest absolute Gasteiger partial charge is 0.395 e. The third-order valence-electron chi connectivity index (χ3n) is 2.78. The molecule has 0 amide bonds. The molecule has 6 heteroatoms. The molecule has 0 saturated carbocycles. The fourth-order valence-corrected chi connectivity index (χ4v) is 1.92. The van der Waals surface area contributed by atoms with Crippen LogP contribution < -0.4 is 4.90 Å². The maximum atomic E-state index is 11.5. The van der Waals surface area contributed by atoms with Gasteiger partial charge in [-0.2, -0.15) is 0 Å². The minimum Gasteiger partial charge on any atom is -0.395 e. The third kappa shape index (κ3) is 3.75. The number of Topliss-reactive ketones (excluding diaryl/α,β-unsaturated/α-hetero) is 1. The number of nitro benzene ring substituents is 1. The number of ketones is 1. The number of aliphatic hydroxyl groups excluding tert-OH is 1. The monoisotopic (exact) mass is 266 g/mol. The zero-order chi connectivity index (χ0) is 14.4. The van der Waals surface area contributed by atoms with E-state index in [2.05, 4.69) is 0 Å². The second-order valence-corrected chi connectivity index (χ2v) is 4.23. The predicted molar refractivity (Wildman–Crippen MR) is 72.7 cm³/mol. The number of rotatable bonds is 7. The summed E-state index contributed by atoms with van der Waals surface area (Å²) in [4.78, 5) is 23.7. The Kier molecular flexibility index (Phi) is 5.44. The number of carbonyl (C=O) groups excluding carboxylic acids is 1. The third-order valence-corrected chi connectivity index (χ3v) is 2.78. The smallest absolute Gasteiger partial charge is 0.280 e. The highest BCUT2D eigenvalue weighted by Crippen LogP contribution is 2.25. The van der Waals surface area contributed by atoms with Gasteiger partial charge >= 0.3 is 0 Å². The summed E-state index contributed by atoms with van der Waals surface area (Å²) in [6.07, 6.45) is 0.881. The second kappa shape index (κ2) is 6.84. The van der Waals surface area contributed by atoms with E-state index in [4.69, 9.17) is 5.11 Å². The van der Waals surface area contributed by atoms with E-state index in [0.717, 1.165) is 13.0 Å². The van der Waals surface area contributed by atoms with Crippen LogP contribution >= 0.6 is 0 Å². The summed E-state index contributed by atoms with van der Waals surface area (Å²) in [7, 11) is 0. The van der Waals surface area contributed by atoms with Crippen molar-refractivity contribution in [3.63, 3.8) is 0 Å². The Balaban J connectivity index is 3.19. The molecule has 0 bridgehead atoms. The zero-order valence-electron chi connectivity index (χ0n) is 11.1. The van der Waals surface area contributed by atoms with Gasteiger partial charge in [0.15, 0.2) is 5.78 Å². The highest BCUT2D eigenvalue weighted by Gasteiger charge is 2.19. The molecule has 0 fully saturated rings. The number of benzene rings is 1. The van der Waals surface area contributed by atoms with E-state index < -0.39 is 4.92 Å². The van der Waals surface area contributed by atoms with E-state index in [9.17, 15) is 14.9 Å². The molecule has 0 spiro atoms. The summed E-state index contributed by atoms with van der Waals surface area (Å²) >= 11 is 0. The second-order valence-electron chi connectivity index (χ2n) is 4.23. The standard InChI is InChI=1S/C13H18N2O4/c1-3-6-14(7-8-16)11-4-5-13(15(18)19)12(9-11)10(2)17/h4-5,9,16H,3,6-8H2,1-2H3. The molecular formula is C13H18N2O4. The average Bonchev–Trinajstić information content (AvgIpc) is 2.37. The van der Waals surface area contributed by atoms with Gasteiger partial charge in [0.05, 0.1) is 17.1 Å². The molecule has 0 aliphatic heterocycles. The molecule has 0 atom stereocenters. The van der Waals surface area contributed by atoms with Crippen molar-refractivity contribution in [3.8, 4) is 0 Å². The van der Waals surface area contributed by atoms with Gasteiger partial charge in [0.1, 0.15) is 0 Å². The lowest BCUT2D eigenvalue weighted by Gasteiger charge is -2.23. The molecule has 0 aliphatic rings. The molecule has 1 rings (SSSR count). The maximum absolute atomic E-state index is 11.5. The van der Waals surface area contributed by atoms with Crippen LogP contribution in [0.3, 0.4) is 0 Å². The van der Waals surface area contributed by atoms with E-state index in [1.807, 2.05) is 11.8 Å². The van der Waals surface area contributed by atoms with Crippen molar-refractivity contribution in [3.05, 3.63) is 33.9 Å². The molecular weight excluding hydrogens is 248 g/mol. The lowest BCUT2D eigenvalue weighted by atomic mass is 10.1. The Morgan fingerprint density at radius 3 is 2.58 bits per heavy atom. The van der Waals surface area contributed by atoms with Crippen LogP contribution in [0.1, 0.15) is 30.6 Å². The number of carbonyl (C=O) groups is 1. The molecule has 0 radical (unpaired) electrons. The van der Waals surface area contributed by atoms with Crippen molar-refractivity contribution >= 4 is 17.2 Å². The van der Waals surface area contributed by atoms with Crippen molar-refractivity contribution in [1.29, 1.82) is 0 Å². The first-order chi connectivity index (χ1) is 9.01. The van der Waals surface area contributed by atoms with Crippen LogP contribution in [0, 0.1) is 10.1 Å². The van der Waals surface area contributed by atoms with Crippen molar-refractivity contribution in [1.82, 2.24) is 0 Å². The van der Waals surface area contributed by atoms with Gasteiger partial charge in [-0.25, -0.2) is 0 Å². The Bertz CT molecular complexity index is 468. The molecule has 104 valence electrons. The molecule has 0 aromatic heterocycles. The van der Waals surface area contributed by atoms with E-state index in [1.165, 1.54) is 19.1 Å². The molecule has 0 saturated heterocycles. The zero-order valence-corrected chi connectivity index (χ0v) is 11.1. The molecule has 0 aliphatic carbocycles. The number of nitro groups is 1. The molecule has 1 aromatic carbocycles. The summed E-state index contributed by atoms with van der Waals surface area (Å²) in [5.74, 6) is -0.339. The Morgan fingerprint density at radius 1 is 1.42 bits per heavy atom. The van der Waals surface area contributed by atoms with Gasteiger partial charge in [-0.05, 0) is 25.5 Å². The summed E-state index contributed by atoms with van der Waals surface area (Å²) in [5.41, 5.74) is 0.630. The first-order valence-corrected chi connectivity index (χ1v) is 6.16. The van der Waals surface area contributed by atoms with Crippen LogP contribution in [0.4, 0.5) is 11.4 Å². The van der Waals surface area contributed by atoms with Gasteiger partial charge in [0.25, 0.3) is 5.69 Å². The van der Waals surface area contributed by atoms with Crippen molar-refractivity contribution in [2.75, 3.05) is 24.6 Å². The predicted octanol–water partition coefficient (Wildman–Crippen LogP) is 2.01. The average molecular weight is 266 g/mol. The molecule has 0 unspecified atom stereocenters. The molecule has 19 heavy (non-hydrogen) atoms. The first kappa shape index (κ1) is 15.1. The van der Waals surface area contributed by atoms with Crippen molar-refractivity contribution in [2.45, 2.75) is 20.3 Å². The number of nitrogens with zero attached hydrogens (tertiary/aromatic N) is 2. The van der Waals surface area contributed by atoms with Gasteiger partial charge in [-0.15, -0.1) is 0 Å². The molecule has 1 N–H and O–H groups in total. The summed E-state index contributed by atoms with van der Waals surface area (Å²) in [5, 5.41) is 19.9. The highest BCUT2D eigenvalue weighted by molar-refractivity contribution is 5.99. The van der Waals surface area contributed by atoms with Crippen LogP contribution in [0.2, 0.25) is 0 Å². The Morgan fingerprint density at radius 2 is 2.11 bits per heavy atom. The molecule has 0 heterocycles. The van der Waals surface area contributed by atoms with E-state index in [0.29, 0.717) is 12.2 Å². The maximum Gasteiger partial charge on any atom is 0.280 e. The van der Waals surface area contributed by atoms with Crippen LogP contribution in [0.15, 0.2) is 18.2 Å². The van der Waals surface area contributed by atoms with Gasteiger partial charge in [-0.1, -0.05) is 6.92 Å². The summed E-state index contributed by atoms with van der Waals surface area (Å²) in [6.45, 7) is 4.45. The summed E-state index contributed by atoms with van der Waals surface area (Å²) in [6, 6.07) is 4.47. The van der Waals surface area contributed by atoms with Gasteiger partial charge in [-0.3, -0.25) is 14.9 Å². The highest BCUT2D eigenvalue weighted by atomic mass is 16.6. The Labute approximate surface area is 111 Å². The fourth-order valence-electron chi connectivity index (χ4n) is 1.92. The lowest BCUT2D eigenvalue weighted by Crippen LogP contribution is -2.27. The molecule has 6 nitrogen and oxygen atoms in total. The number of hydrogen-bond acceptors (Lipinski definition) is 5. The minimum absolute atomic E-state index is 0.00755. The van der Waals surface area contributed by atoms with E-state index >= 15 is 0 Å². The summed E-state index contributed by atoms with van der Waals surface area (Å²) < 4.78 is 0. The molecule has 1 aromatic rings. The van der Waals surface area contributed by atoms with Gasteiger partial charge in [0.2, 0.25) is 0 Å². The number of aliphatic hydroxyl groups is 1.